The van der Waals surface area contributed by atoms with Crippen LogP contribution < -0.4 is 5.32 Å². The molecule has 1 amide bonds. The maximum atomic E-state index is 11.8. The van der Waals surface area contributed by atoms with Crippen LogP contribution in [-0.2, 0) is 0 Å². The van der Waals surface area contributed by atoms with E-state index in [1.165, 1.54) is 6.39 Å². The van der Waals surface area contributed by atoms with Crippen molar-refractivity contribution in [2.24, 2.45) is 5.92 Å². The Balaban J connectivity index is 2.00. The number of carbonyl (C=O) groups is 1. The molecule has 16 heavy (non-hydrogen) atoms. The van der Waals surface area contributed by atoms with Crippen molar-refractivity contribution in [2.75, 3.05) is 6.61 Å². The monoisotopic (exact) mass is 224 g/mol. The lowest BCUT2D eigenvalue weighted by molar-refractivity contribution is 0.0887. The van der Waals surface area contributed by atoms with Gasteiger partial charge in [-0.2, -0.15) is 0 Å². The van der Waals surface area contributed by atoms with Crippen LogP contribution in [0.1, 0.15) is 35.5 Å². The molecule has 5 heteroatoms. The Morgan fingerprint density at radius 1 is 1.69 bits per heavy atom. The molecule has 1 aliphatic carbocycles. The zero-order valence-electron chi connectivity index (χ0n) is 9.27. The van der Waals surface area contributed by atoms with E-state index in [2.05, 4.69) is 10.3 Å². The maximum absolute atomic E-state index is 11.8. The first kappa shape index (κ1) is 11.1. The number of aromatic nitrogens is 1. The normalized spacial score (nSPS) is 24.6. The zero-order valence-corrected chi connectivity index (χ0v) is 9.27. The van der Waals surface area contributed by atoms with Crippen LogP contribution in [0.25, 0.3) is 0 Å². The first-order chi connectivity index (χ1) is 7.72. The van der Waals surface area contributed by atoms with E-state index in [9.17, 15) is 4.79 Å². The van der Waals surface area contributed by atoms with Crippen molar-refractivity contribution in [3.63, 3.8) is 0 Å². The summed E-state index contributed by atoms with van der Waals surface area (Å²) in [6.45, 7) is 1.86. The first-order valence-corrected chi connectivity index (χ1v) is 5.54. The highest BCUT2D eigenvalue weighted by molar-refractivity contribution is 5.92. The summed E-state index contributed by atoms with van der Waals surface area (Å²) < 4.78 is 5.02. The van der Waals surface area contributed by atoms with Gasteiger partial charge in [0.05, 0.1) is 5.69 Å². The molecular weight excluding hydrogens is 208 g/mol. The third-order valence-electron chi connectivity index (χ3n) is 3.16. The van der Waals surface area contributed by atoms with Crippen LogP contribution in [0.4, 0.5) is 0 Å². The van der Waals surface area contributed by atoms with Crippen LogP contribution in [0.2, 0.25) is 0 Å². The van der Waals surface area contributed by atoms with Gasteiger partial charge < -0.3 is 14.8 Å². The molecule has 0 spiro atoms. The fourth-order valence-corrected chi connectivity index (χ4v) is 2.20. The van der Waals surface area contributed by atoms with E-state index in [0.29, 0.717) is 5.69 Å². The quantitative estimate of drug-likeness (QED) is 0.799. The second-order valence-electron chi connectivity index (χ2n) is 4.22. The average Bonchev–Trinajstić information content (AvgIpc) is 2.86. The molecule has 0 saturated heterocycles. The number of hydrogen-bond donors (Lipinski definition) is 2. The molecule has 2 N–H and O–H groups in total. The Morgan fingerprint density at radius 3 is 3.12 bits per heavy atom. The van der Waals surface area contributed by atoms with E-state index in [1.807, 2.05) is 0 Å². The number of aliphatic hydroxyl groups excluding tert-OH is 1. The van der Waals surface area contributed by atoms with E-state index in [-0.39, 0.29) is 30.2 Å². The van der Waals surface area contributed by atoms with Crippen molar-refractivity contribution >= 4 is 5.91 Å². The van der Waals surface area contributed by atoms with Gasteiger partial charge >= 0.3 is 0 Å². The Hall–Kier alpha value is -1.36. The molecule has 1 aromatic rings. The van der Waals surface area contributed by atoms with Gasteiger partial charge in [-0.05, 0) is 19.8 Å². The van der Waals surface area contributed by atoms with E-state index in [4.69, 9.17) is 9.52 Å². The molecule has 2 unspecified atom stereocenters. The minimum atomic E-state index is -0.236. The van der Waals surface area contributed by atoms with Crippen molar-refractivity contribution in [3.8, 4) is 0 Å². The summed E-state index contributed by atoms with van der Waals surface area (Å²) in [6.07, 6.45) is 4.20. The minimum Gasteiger partial charge on any atom is -0.438 e. The van der Waals surface area contributed by atoms with Crippen molar-refractivity contribution < 1.29 is 14.3 Å². The summed E-state index contributed by atoms with van der Waals surface area (Å²) in [6, 6.07) is 0.0574. The smallest absolute Gasteiger partial charge is 0.289 e. The van der Waals surface area contributed by atoms with Crippen LogP contribution in [-0.4, -0.2) is 28.6 Å². The molecule has 1 saturated carbocycles. The lowest BCUT2D eigenvalue weighted by Crippen LogP contribution is -2.38. The van der Waals surface area contributed by atoms with Gasteiger partial charge in [-0.3, -0.25) is 4.79 Å². The predicted octanol–water partition coefficient (Wildman–Crippen LogP) is 0.874. The highest BCUT2D eigenvalue weighted by Crippen LogP contribution is 2.25. The topological polar surface area (TPSA) is 75.4 Å². The summed E-state index contributed by atoms with van der Waals surface area (Å²) in [5.74, 6) is 0.205. The third-order valence-corrected chi connectivity index (χ3v) is 3.16. The van der Waals surface area contributed by atoms with Gasteiger partial charge in [-0.25, -0.2) is 4.98 Å². The van der Waals surface area contributed by atoms with Gasteiger partial charge in [0.15, 0.2) is 6.39 Å². The molecule has 1 heterocycles. The number of rotatable bonds is 3. The van der Waals surface area contributed by atoms with Crippen molar-refractivity contribution in [1.82, 2.24) is 10.3 Å². The lowest BCUT2D eigenvalue weighted by Gasteiger charge is -2.18. The molecule has 5 nitrogen and oxygen atoms in total. The highest BCUT2D eigenvalue weighted by atomic mass is 16.3. The molecule has 1 aliphatic rings. The molecule has 1 fully saturated rings. The van der Waals surface area contributed by atoms with Crippen LogP contribution in [0.5, 0.6) is 0 Å². The molecule has 2 rings (SSSR count). The number of oxazole rings is 1. The SMILES string of the molecule is Cc1ncoc1C(=O)NC1CCCC1CO. The number of nitrogens with one attached hydrogen (secondary N) is 1. The Bertz CT molecular complexity index is 375. The number of hydrogen-bond acceptors (Lipinski definition) is 4. The Labute approximate surface area is 93.9 Å². The molecule has 0 bridgehead atoms. The molecule has 2 atom stereocenters. The van der Waals surface area contributed by atoms with Gasteiger partial charge in [-0.1, -0.05) is 6.42 Å². The van der Waals surface area contributed by atoms with E-state index in [1.54, 1.807) is 6.92 Å². The third kappa shape index (κ3) is 2.09. The molecule has 1 aromatic heterocycles. The fraction of sp³-hybridized carbons (Fsp3) is 0.636. The largest absolute Gasteiger partial charge is 0.438 e. The highest BCUT2D eigenvalue weighted by Gasteiger charge is 2.29. The zero-order chi connectivity index (χ0) is 11.5. The summed E-state index contributed by atoms with van der Waals surface area (Å²) in [4.78, 5) is 15.7. The van der Waals surface area contributed by atoms with Crippen molar-refractivity contribution in [1.29, 1.82) is 0 Å². The molecule has 88 valence electrons. The number of carbonyl (C=O) groups excluding carboxylic acids is 1. The summed E-state index contributed by atoms with van der Waals surface area (Å²) in [7, 11) is 0. The number of aliphatic hydroxyl groups is 1. The van der Waals surface area contributed by atoms with E-state index in [0.717, 1.165) is 19.3 Å². The van der Waals surface area contributed by atoms with E-state index < -0.39 is 0 Å². The van der Waals surface area contributed by atoms with Gasteiger partial charge in [0.1, 0.15) is 0 Å². The summed E-state index contributed by atoms with van der Waals surface area (Å²) in [5.41, 5.74) is 0.594. The molecule has 0 aliphatic heterocycles. The first-order valence-electron chi connectivity index (χ1n) is 5.54. The van der Waals surface area contributed by atoms with Crippen LogP contribution in [0, 0.1) is 12.8 Å². The van der Waals surface area contributed by atoms with E-state index >= 15 is 0 Å². The molecule has 0 aromatic carbocycles. The van der Waals surface area contributed by atoms with Crippen molar-refractivity contribution in [3.05, 3.63) is 17.8 Å². The Kier molecular flexibility index (Phi) is 3.24. The van der Waals surface area contributed by atoms with Gasteiger partial charge in [0.2, 0.25) is 5.76 Å². The average molecular weight is 224 g/mol. The van der Waals surface area contributed by atoms with Crippen molar-refractivity contribution in [2.45, 2.75) is 32.2 Å². The van der Waals surface area contributed by atoms with Gasteiger partial charge in [-0.15, -0.1) is 0 Å². The fourth-order valence-electron chi connectivity index (χ4n) is 2.20. The number of aryl methyl sites for hydroxylation is 1. The summed E-state index contributed by atoms with van der Waals surface area (Å²) in [5, 5.41) is 12.0. The maximum Gasteiger partial charge on any atom is 0.289 e. The standard InChI is InChI=1S/C11H16N2O3/c1-7-10(16-6-12-7)11(15)13-9-4-2-3-8(9)5-14/h6,8-9,14H,2-5H2,1H3,(H,13,15). The second-order valence-corrected chi connectivity index (χ2v) is 4.22. The minimum absolute atomic E-state index is 0.0574. The van der Waals surface area contributed by atoms with Crippen LogP contribution in [0.3, 0.4) is 0 Å². The van der Waals surface area contributed by atoms with Crippen LogP contribution in [0.15, 0.2) is 10.8 Å². The number of amides is 1. The lowest BCUT2D eigenvalue weighted by atomic mass is 10.1. The van der Waals surface area contributed by atoms with Crippen LogP contribution >= 0.6 is 0 Å². The predicted molar refractivity (Wildman–Crippen MR) is 56.9 cm³/mol. The van der Waals surface area contributed by atoms with Gasteiger partial charge in [0, 0.05) is 18.6 Å². The van der Waals surface area contributed by atoms with Gasteiger partial charge in [0.25, 0.3) is 5.91 Å². The number of nitrogens with zero attached hydrogens (tertiary/aromatic N) is 1. The Morgan fingerprint density at radius 2 is 2.50 bits per heavy atom. The second kappa shape index (κ2) is 4.65. The molecule has 0 radical (unpaired) electrons. The summed E-state index contributed by atoms with van der Waals surface area (Å²) >= 11 is 0. The molecular formula is C11H16N2O3.